The van der Waals surface area contributed by atoms with Crippen LogP contribution < -0.4 is 11.1 Å². The first kappa shape index (κ1) is 14.6. The molecular weight excluding hydrogens is 232 g/mol. The second-order valence-corrected chi connectivity index (χ2v) is 5.16. The first-order valence-corrected chi connectivity index (χ1v) is 6.49. The van der Waals surface area contributed by atoms with Crippen LogP contribution in [0.1, 0.15) is 44.9 Å². The number of rotatable bonds is 2. The number of urea groups is 1. The van der Waals surface area contributed by atoms with Crippen molar-refractivity contribution in [1.29, 1.82) is 0 Å². The van der Waals surface area contributed by atoms with Crippen LogP contribution in [0.15, 0.2) is 5.16 Å². The van der Waals surface area contributed by atoms with Gasteiger partial charge >= 0.3 is 6.03 Å². The molecular formula is C12H24N4O2. The Labute approximate surface area is 108 Å². The Hall–Kier alpha value is -1.46. The third kappa shape index (κ3) is 3.51. The fourth-order valence-corrected chi connectivity index (χ4v) is 2.37. The van der Waals surface area contributed by atoms with Crippen molar-refractivity contribution in [2.75, 3.05) is 14.1 Å². The van der Waals surface area contributed by atoms with Crippen LogP contribution in [-0.4, -0.2) is 41.6 Å². The largest absolute Gasteiger partial charge is 0.409 e. The molecule has 0 heterocycles. The van der Waals surface area contributed by atoms with Crippen molar-refractivity contribution in [1.82, 2.24) is 10.2 Å². The topological polar surface area (TPSA) is 91.0 Å². The molecule has 0 bridgehead atoms. The molecule has 0 atom stereocenters. The summed E-state index contributed by atoms with van der Waals surface area (Å²) in [4.78, 5) is 13.3. The average molecular weight is 256 g/mol. The molecule has 1 aliphatic rings. The third-order valence-electron chi connectivity index (χ3n) is 3.56. The maximum atomic E-state index is 11.9. The molecule has 1 rings (SSSR count). The molecule has 104 valence electrons. The number of hydrogen-bond acceptors (Lipinski definition) is 3. The van der Waals surface area contributed by atoms with E-state index in [1.807, 2.05) is 0 Å². The van der Waals surface area contributed by atoms with E-state index < -0.39 is 5.54 Å². The second kappa shape index (κ2) is 6.47. The highest BCUT2D eigenvalue weighted by Crippen LogP contribution is 2.27. The van der Waals surface area contributed by atoms with Gasteiger partial charge in [-0.25, -0.2) is 4.79 Å². The first-order valence-electron chi connectivity index (χ1n) is 6.49. The van der Waals surface area contributed by atoms with Crippen molar-refractivity contribution in [3.8, 4) is 0 Å². The van der Waals surface area contributed by atoms with E-state index in [4.69, 9.17) is 10.9 Å². The van der Waals surface area contributed by atoms with Gasteiger partial charge in [-0.2, -0.15) is 0 Å². The van der Waals surface area contributed by atoms with Gasteiger partial charge in [0.2, 0.25) is 0 Å². The molecule has 0 aromatic heterocycles. The molecule has 6 heteroatoms. The molecule has 0 unspecified atom stereocenters. The fourth-order valence-electron chi connectivity index (χ4n) is 2.37. The average Bonchev–Trinajstić information content (AvgIpc) is 2.31. The predicted octanol–water partition coefficient (Wildman–Crippen LogP) is 1.49. The lowest BCUT2D eigenvalue weighted by Crippen LogP contribution is -2.59. The lowest BCUT2D eigenvalue weighted by atomic mass is 9.83. The molecule has 0 radical (unpaired) electrons. The highest BCUT2D eigenvalue weighted by molar-refractivity contribution is 5.93. The van der Waals surface area contributed by atoms with Gasteiger partial charge in [-0.05, 0) is 12.8 Å². The van der Waals surface area contributed by atoms with Crippen LogP contribution >= 0.6 is 0 Å². The summed E-state index contributed by atoms with van der Waals surface area (Å²) < 4.78 is 0. The minimum atomic E-state index is -0.698. The Morgan fingerprint density at radius 1 is 1.22 bits per heavy atom. The normalized spacial score (nSPS) is 20.7. The summed E-state index contributed by atoms with van der Waals surface area (Å²) >= 11 is 0. The number of amidine groups is 1. The first-order chi connectivity index (χ1) is 8.52. The molecule has 1 saturated carbocycles. The van der Waals surface area contributed by atoms with Crippen molar-refractivity contribution in [3.63, 3.8) is 0 Å². The van der Waals surface area contributed by atoms with Gasteiger partial charge in [0, 0.05) is 14.1 Å². The lowest BCUT2D eigenvalue weighted by molar-refractivity contribution is 0.202. The molecule has 1 fully saturated rings. The van der Waals surface area contributed by atoms with E-state index in [0.717, 1.165) is 38.5 Å². The van der Waals surface area contributed by atoms with E-state index >= 15 is 0 Å². The molecule has 18 heavy (non-hydrogen) atoms. The van der Waals surface area contributed by atoms with Gasteiger partial charge in [0.1, 0.15) is 5.54 Å². The monoisotopic (exact) mass is 256 g/mol. The van der Waals surface area contributed by atoms with Crippen molar-refractivity contribution in [2.24, 2.45) is 10.9 Å². The Balaban J connectivity index is 2.88. The van der Waals surface area contributed by atoms with Crippen LogP contribution in [0.5, 0.6) is 0 Å². The SMILES string of the molecule is CN(C)C(=O)NC1(C(N)=NO)CCCCCCC1. The molecule has 0 saturated heterocycles. The van der Waals surface area contributed by atoms with E-state index in [-0.39, 0.29) is 11.9 Å². The summed E-state index contributed by atoms with van der Waals surface area (Å²) in [5, 5.41) is 15.0. The molecule has 0 aromatic rings. The molecule has 4 N–H and O–H groups in total. The molecule has 0 aromatic carbocycles. The Bertz CT molecular complexity index is 307. The predicted molar refractivity (Wildman–Crippen MR) is 70.7 cm³/mol. The summed E-state index contributed by atoms with van der Waals surface area (Å²) in [7, 11) is 3.36. The number of nitrogens with one attached hydrogen (secondary N) is 1. The summed E-state index contributed by atoms with van der Waals surface area (Å²) in [5.41, 5.74) is 5.12. The van der Waals surface area contributed by atoms with Crippen LogP contribution in [0.3, 0.4) is 0 Å². The van der Waals surface area contributed by atoms with E-state index in [0.29, 0.717) is 0 Å². The van der Waals surface area contributed by atoms with E-state index in [1.165, 1.54) is 11.3 Å². The Morgan fingerprint density at radius 3 is 2.17 bits per heavy atom. The summed E-state index contributed by atoms with van der Waals surface area (Å²) in [5.74, 6) is 0.111. The molecule has 6 nitrogen and oxygen atoms in total. The Kier molecular flexibility index (Phi) is 5.25. The van der Waals surface area contributed by atoms with Gasteiger partial charge < -0.3 is 21.2 Å². The van der Waals surface area contributed by atoms with Gasteiger partial charge in [-0.15, -0.1) is 0 Å². The van der Waals surface area contributed by atoms with Gasteiger partial charge in [-0.3, -0.25) is 0 Å². The van der Waals surface area contributed by atoms with Crippen LogP contribution in [-0.2, 0) is 0 Å². The zero-order valence-electron chi connectivity index (χ0n) is 11.3. The van der Waals surface area contributed by atoms with Crippen LogP contribution in [0.25, 0.3) is 0 Å². The highest BCUT2D eigenvalue weighted by atomic mass is 16.4. The Morgan fingerprint density at radius 2 is 1.72 bits per heavy atom. The molecule has 0 aliphatic heterocycles. The number of oxime groups is 1. The highest BCUT2D eigenvalue weighted by Gasteiger charge is 2.37. The van der Waals surface area contributed by atoms with Gasteiger partial charge in [0.25, 0.3) is 0 Å². The van der Waals surface area contributed by atoms with Crippen molar-refractivity contribution < 1.29 is 10.0 Å². The summed E-state index contributed by atoms with van der Waals surface area (Å²) in [6.45, 7) is 0. The van der Waals surface area contributed by atoms with Crippen molar-refractivity contribution in [3.05, 3.63) is 0 Å². The van der Waals surface area contributed by atoms with Gasteiger partial charge in [0.05, 0.1) is 0 Å². The maximum absolute atomic E-state index is 11.9. The smallest absolute Gasteiger partial charge is 0.317 e. The standard InChI is InChI=1S/C12H24N4O2/c1-16(2)11(17)14-12(10(13)15-18)8-6-4-3-5-7-9-12/h18H,3-9H2,1-2H3,(H2,13,15)(H,14,17). The molecule has 0 spiro atoms. The van der Waals surface area contributed by atoms with Crippen LogP contribution in [0.4, 0.5) is 4.79 Å². The number of hydrogen-bond donors (Lipinski definition) is 3. The summed E-state index contributed by atoms with van der Waals surface area (Å²) in [6.07, 6.45) is 6.86. The zero-order valence-corrected chi connectivity index (χ0v) is 11.3. The number of nitrogens with two attached hydrogens (primary N) is 1. The van der Waals surface area contributed by atoms with Crippen LogP contribution in [0, 0.1) is 0 Å². The number of nitrogens with zero attached hydrogens (tertiary/aromatic N) is 2. The van der Waals surface area contributed by atoms with Gasteiger partial charge in [0.15, 0.2) is 5.84 Å². The number of carbonyl (C=O) groups is 1. The van der Waals surface area contributed by atoms with Crippen molar-refractivity contribution in [2.45, 2.75) is 50.5 Å². The number of carbonyl (C=O) groups excluding carboxylic acids is 1. The van der Waals surface area contributed by atoms with Crippen molar-refractivity contribution >= 4 is 11.9 Å². The van der Waals surface area contributed by atoms with Gasteiger partial charge in [-0.1, -0.05) is 37.3 Å². The third-order valence-corrected chi connectivity index (χ3v) is 3.56. The molecule has 1 aliphatic carbocycles. The van der Waals surface area contributed by atoms with E-state index in [9.17, 15) is 4.79 Å². The molecule has 2 amide bonds. The van der Waals surface area contributed by atoms with E-state index in [2.05, 4.69) is 10.5 Å². The zero-order chi connectivity index (χ0) is 13.6. The lowest BCUT2D eigenvalue weighted by Gasteiger charge is -2.35. The van der Waals surface area contributed by atoms with Crippen LogP contribution in [0.2, 0.25) is 0 Å². The van der Waals surface area contributed by atoms with E-state index in [1.54, 1.807) is 14.1 Å². The summed E-state index contributed by atoms with van der Waals surface area (Å²) in [6, 6.07) is -0.206. The minimum Gasteiger partial charge on any atom is -0.409 e. The quantitative estimate of drug-likeness (QED) is 0.302. The maximum Gasteiger partial charge on any atom is 0.317 e. The fraction of sp³-hybridized carbons (Fsp3) is 0.833. The second-order valence-electron chi connectivity index (χ2n) is 5.16. The number of amides is 2. The minimum absolute atomic E-state index is 0.111.